The number of aromatic amines is 1. The Balaban J connectivity index is 2.32. The zero-order valence-corrected chi connectivity index (χ0v) is 8.45. The van der Waals surface area contributed by atoms with Crippen molar-refractivity contribution >= 4 is 22.8 Å². The molecule has 5 nitrogen and oxygen atoms in total. The minimum Gasteiger partial charge on any atom is -0.475 e. The molecule has 76 valence electrons. The van der Waals surface area contributed by atoms with Gasteiger partial charge in [-0.05, 0) is 11.6 Å². The van der Waals surface area contributed by atoms with Crippen LogP contribution in [0.25, 0.3) is 11.2 Å². The van der Waals surface area contributed by atoms with Crippen LogP contribution in [0.4, 0.5) is 0 Å². The fraction of sp³-hybridized carbons (Fsp3) is 0.222. The Morgan fingerprint density at radius 2 is 2.40 bits per heavy atom. The molecule has 2 aromatic rings. The van der Waals surface area contributed by atoms with Crippen molar-refractivity contribution in [2.45, 2.75) is 6.42 Å². The third-order valence-electron chi connectivity index (χ3n) is 1.71. The topological polar surface area (TPSA) is 63.7 Å². The van der Waals surface area contributed by atoms with E-state index in [0.29, 0.717) is 30.1 Å². The van der Waals surface area contributed by atoms with Gasteiger partial charge in [0.2, 0.25) is 11.2 Å². The van der Waals surface area contributed by atoms with Gasteiger partial charge in [-0.1, -0.05) is 0 Å². The first-order valence-corrected chi connectivity index (χ1v) is 4.62. The summed E-state index contributed by atoms with van der Waals surface area (Å²) in [7, 11) is 0. The molecule has 1 N–H and O–H groups in total. The average molecular weight is 223 g/mol. The third-order valence-corrected chi connectivity index (χ3v) is 1.88. The summed E-state index contributed by atoms with van der Waals surface area (Å²) in [6.45, 7) is 0.387. The predicted molar refractivity (Wildman–Crippen MR) is 55.6 cm³/mol. The number of rotatable bonds is 3. The maximum absolute atomic E-state index is 5.70. The summed E-state index contributed by atoms with van der Waals surface area (Å²) in [6.07, 6.45) is 7.12. The third kappa shape index (κ3) is 2.00. The summed E-state index contributed by atoms with van der Waals surface area (Å²) in [5.41, 5.74) is 1.10. The van der Waals surface area contributed by atoms with E-state index in [4.69, 9.17) is 22.8 Å². The lowest BCUT2D eigenvalue weighted by Crippen LogP contribution is -2.00. The Labute approximate surface area is 90.9 Å². The number of terminal acetylenes is 1. The predicted octanol–water partition coefficient (Wildman–Crippen LogP) is 1.41. The van der Waals surface area contributed by atoms with Crippen LogP contribution in [-0.4, -0.2) is 26.5 Å². The SMILES string of the molecule is C#CCCOc1nc(Cl)nc2nc[nH]c12. The van der Waals surface area contributed by atoms with Gasteiger partial charge >= 0.3 is 0 Å². The van der Waals surface area contributed by atoms with Crippen LogP contribution in [0.5, 0.6) is 5.88 Å². The van der Waals surface area contributed by atoms with E-state index in [-0.39, 0.29) is 5.28 Å². The number of hydrogen-bond acceptors (Lipinski definition) is 4. The maximum Gasteiger partial charge on any atom is 0.244 e. The molecular weight excluding hydrogens is 216 g/mol. The van der Waals surface area contributed by atoms with Gasteiger partial charge in [0.05, 0.1) is 6.33 Å². The summed E-state index contributed by atoms with van der Waals surface area (Å²) in [5, 5.41) is 0.102. The Hall–Kier alpha value is -1.80. The van der Waals surface area contributed by atoms with Crippen LogP contribution in [0, 0.1) is 12.3 Å². The number of hydrogen-bond donors (Lipinski definition) is 1. The smallest absolute Gasteiger partial charge is 0.244 e. The molecule has 0 aliphatic rings. The molecule has 6 heteroatoms. The van der Waals surface area contributed by atoms with Crippen molar-refractivity contribution in [2.24, 2.45) is 0 Å². The van der Waals surface area contributed by atoms with Crippen molar-refractivity contribution in [3.63, 3.8) is 0 Å². The standard InChI is InChI=1S/C9H7ClN4O/c1-2-3-4-15-8-6-7(12-5-11-6)13-9(10)14-8/h1,5H,3-4H2,(H,11,12,13,14). The van der Waals surface area contributed by atoms with Gasteiger partial charge in [-0.2, -0.15) is 9.97 Å². The number of nitrogens with zero attached hydrogens (tertiary/aromatic N) is 3. The fourth-order valence-corrected chi connectivity index (χ4v) is 1.25. The highest BCUT2D eigenvalue weighted by Crippen LogP contribution is 2.20. The molecule has 2 rings (SSSR count). The largest absolute Gasteiger partial charge is 0.475 e. The molecule has 0 amide bonds. The van der Waals surface area contributed by atoms with Gasteiger partial charge in [0.15, 0.2) is 5.65 Å². The van der Waals surface area contributed by atoms with E-state index in [9.17, 15) is 0 Å². The van der Waals surface area contributed by atoms with Crippen molar-refractivity contribution in [1.82, 2.24) is 19.9 Å². The average Bonchev–Trinajstić information content (AvgIpc) is 2.65. The molecule has 0 saturated carbocycles. The maximum atomic E-state index is 5.70. The quantitative estimate of drug-likeness (QED) is 0.485. The number of ether oxygens (including phenoxy) is 1. The van der Waals surface area contributed by atoms with E-state index in [2.05, 4.69) is 25.9 Å². The van der Waals surface area contributed by atoms with Crippen molar-refractivity contribution in [2.75, 3.05) is 6.61 Å². The van der Waals surface area contributed by atoms with Crippen LogP contribution in [-0.2, 0) is 0 Å². The van der Waals surface area contributed by atoms with Gasteiger partial charge < -0.3 is 9.72 Å². The lowest BCUT2D eigenvalue weighted by Gasteiger charge is -2.03. The molecule has 0 bridgehead atoms. The normalized spacial score (nSPS) is 10.1. The highest BCUT2D eigenvalue weighted by atomic mass is 35.5. The number of imidazole rings is 1. The van der Waals surface area contributed by atoms with Gasteiger partial charge in [-0.3, -0.25) is 0 Å². The molecule has 0 fully saturated rings. The first-order chi connectivity index (χ1) is 7.31. The van der Waals surface area contributed by atoms with Gasteiger partial charge in [0.1, 0.15) is 12.1 Å². The zero-order chi connectivity index (χ0) is 10.7. The second kappa shape index (κ2) is 4.15. The lowest BCUT2D eigenvalue weighted by molar-refractivity contribution is 0.318. The van der Waals surface area contributed by atoms with Gasteiger partial charge in [0.25, 0.3) is 0 Å². The molecule has 0 aliphatic heterocycles. The Kier molecular flexibility index (Phi) is 2.70. The summed E-state index contributed by atoms with van der Waals surface area (Å²) < 4.78 is 5.35. The van der Waals surface area contributed by atoms with Crippen LogP contribution in [0.15, 0.2) is 6.33 Å². The van der Waals surface area contributed by atoms with Gasteiger partial charge in [-0.15, -0.1) is 12.3 Å². The summed E-state index contributed by atoms with van der Waals surface area (Å²) in [5.74, 6) is 2.84. The number of nitrogens with one attached hydrogen (secondary N) is 1. The summed E-state index contributed by atoms with van der Waals surface area (Å²) in [6, 6.07) is 0. The first-order valence-electron chi connectivity index (χ1n) is 4.24. The Morgan fingerprint density at radius 1 is 1.53 bits per heavy atom. The van der Waals surface area contributed by atoms with E-state index in [1.807, 2.05) is 0 Å². The molecule has 0 atom stereocenters. The van der Waals surface area contributed by atoms with Crippen LogP contribution >= 0.6 is 11.6 Å². The molecule has 0 aliphatic carbocycles. The second-order valence-corrected chi connectivity index (χ2v) is 3.04. The van der Waals surface area contributed by atoms with Crippen molar-refractivity contribution in [1.29, 1.82) is 0 Å². The molecule has 15 heavy (non-hydrogen) atoms. The molecule has 0 spiro atoms. The van der Waals surface area contributed by atoms with Gasteiger partial charge in [0, 0.05) is 6.42 Å². The van der Waals surface area contributed by atoms with E-state index in [1.165, 1.54) is 6.33 Å². The van der Waals surface area contributed by atoms with Crippen molar-refractivity contribution in [3.8, 4) is 18.2 Å². The summed E-state index contributed by atoms with van der Waals surface area (Å²) >= 11 is 5.70. The Morgan fingerprint density at radius 3 is 3.20 bits per heavy atom. The molecule has 0 saturated heterocycles. The van der Waals surface area contributed by atoms with Crippen LogP contribution in [0.2, 0.25) is 5.28 Å². The van der Waals surface area contributed by atoms with Crippen LogP contribution < -0.4 is 4.74 Å². The van der Waals surface area contributed by atoms with Crippen LogP contribution in [0.3, 0.4) is 0 Å². The zero-order valence-electron chi connectivity index (χ0n) is 7.70. The first kappa shape index (κ1) is 9.74. The van der Waals surface area contributed by atoms with E-state index >= 15 is 0 Å². The van der Waals surface area contributed by atoms with Crippen molar-refractivity contribution < 1.29 is 4.74 Å². The minimum absolute atomic E-state index is 0.102. The molecule has 0 aromatic carbocycles. The van der Waals surface area contributed by atoms with Crippen LogP contribution in [0.1, 0.15) is 6.42 Å². The molecule has 0 unspecified atom stereocenters. The molecule has 0 radical (unpaired) electrons. The number of aromatic nitrogens is 4. The van der Waals surface area contributed by atoms with E-state index in [1.54, 1.807) is 0 Å². The molecule has 2 heterocycles. The molecule has 2 aromatic heterocycles. The number of halogens is 1. The monoisotopic (exact) mass is 222 g/mol. The fourth-order valence-electron chi connectivity index (χ4n) is 1.09. The minimum atomic E-state index is 0.102. The van der Waals surface area contributed by atoms with Gasteiger partial charge in [-0.25, -0.2) is 4.98 Å². The van der Waals surface area contributed by atoms with Crippen molar-refractivity contribution in [3.05, 3.63) is 11.6 Å². The lowest BCUT2D eigenvalue weighted by atomic mass is 10.5. The second-order valence-electron chi connectivity index (χ2n) is 2.70. The molecular formula is C9H7ClN4O. The number of fused-ring (bicyclic) bond motifs is 1. The summed E-state index contributed by atoms with van der Waals surface area (Å²) in [4.78, 5) is 14.7. The Bertz CT molecular complexity index is 516. The highest BCUT2D eigenvalue weighted by Gasteiger charge is 2.09. The number of H-pyrrole nitrogens is 1. The highest BCUT2D eigenvalue weighted by molar-refractivity contribution is 6.28. The van der Waals surface area contributed by atoms with E-state index < -0.39 is 0 Å². The van der Waals surface area contributed by atoms with E-state index in [0.717, 1.165) is 0 Å².